The van der Waals surface area contributed by atoms with Gasteiger partial charge < -0.3 is 19.5 Å². The number of benzene rings is 3. The Balaban J connectivity index is 1.42. The van der Waals surface area contributed by atoms with Crippen molar-refractivity contribution in [1.29, 1.82) is 0 Å². The standard InChI is InChI=1S/C33H31NO6/c1-21-30(33(37)39-18-17-38-26-11-7-4-8-12-26)31(24-13-15-27(16-14-24)40-22(2)35)32-28(34-21)19-25(20-29(32)36)23-9-5-3-6-10-23/h3-16,25,31,34H,17-20H2,1-2H3/t25-,31-/m0/s1. The molecule has 5 rings (SSSR count). The number of carbonyl (C=O) groups is 3. The van der Waals surface area contributed by atoms with Crippen molar-refractivity contribution in [2.45, 2.75) is 38.5 Å². The van der Waals surface area contributed by atoms with Crippen LogP contribution in [0.1, 0.15) is 49.7 Å². The van der Waals surface area contributed by atoms with Crippen molar-refractivity contribution >= 4 is 17.7 Å². The lowest BCUT2D eigenvalue weighted by atomic mass is 9.72. The van der Waals surface area contributed by atoms with Gasteiger partial charge in [0.15, 0.2) is 5.78 Å². The van der Waals surface area contributed by atoms with Gasteiger partial charge >= 0.3 is 11.9 Å². The lowest BCUT2D eigenvalue weighted by Crippen LogP contribution is -2.36. The normalized spacial score (nSPS) is 18.5. The monoisotopic (exact) mass is 537 g/mol. The maximum absolute atomic E-state index is 13.7. The second-order valence-electron chi connectivity index (χ2n) is 9.89. The molecular formula is C33H31NO6. The third-order valence-electron chi connectivity index (χ3n) is 7.12. The highest BCUT2D eigenvalue weighted by Gasteiger charge is 2.41. The largest absolute Gasteiger partial charge is 0.490 e. The van der Waals surface area contributed by atoms with Crippen LogP contribution in [-0.2, 0) is 19.1 Å². The predicted molar refractivity (Wildman–Crippen MR) is 150 cm³/mol. The van der Waals surface area contributed by atoms with E-state index in [1.807, 2.05) is 67.6 Å². The number of para-hydroxylation sites is 1. The number of Topliss-reactive ketones (excluding diaryl/α,β-unsaturated/α-hetero) is 1. The number of hydrogen-bond donors (Lipinski definition) is 1. The van der Waals surface area contributed by atoms with E-state index in [1.165, 1.54) is 6.92 Å². The number of hydrogen-bond acceptors (Lipinski definition) is 7. The number of ether oxygens (including phenoxy) is 3. The summed E-state index contributed by atoms with van der Waals surface area (Å²) in [4.78, 5) is 38.7. The fourth-order valence-electron chi connectivity index (χ4n) is 5.39. The topological polar surface area (TPSA) is 90.9 Å². The number of ketones is 1. The van der Waals surface area contributed by atoms with Gasteiger partial charge in [-0.25, -0.2) is 4.79 Å². The van der Waals surface area contributed by atoms with Gasteiger partial charge in [0.2, 0.25) is 0 Å². The molecule has 0 unspecified atom stereocenters. The van der Waals surface area contributed by atoms with E-state index in [2.05, 4.69) is 5.32 Å². The fourth-order valence-corrected chi connectivity index (χ4v) is 5.39. The summed E-state index contributed by atoms with van der Waals surface area (Å²) < 4.78 is 16.5. The van der Waals surface area contributed by atoms with Crippen molar-refractivity contribution < 1.29 is 28.6 Å². The number of esters is 2. The van der Waals surface area contributed by atoms with Crippen LogP contribution >= 0.6 is 0 Å². The summed E-state index contributed by atoms with van der Waals surface area (Å²) in [6.45, 7) is 3.42. The minimum atomic E-state index is -0.616. The highest BCUT2D eigenvalue weighted by Crippen LogP contribution is 2.45. The molecular weight excluding hydrogens is 506 g/mol. The molecule has 2 aliphatic rings. The molecule has 0 radical (unpaired) electrons. The average molecular weight is 538 g/mol. The van der Waals surface area contributed by atoms with Crippen LogP contribution in [0.5, 0.6) is 11.5 Å². The molecule has 1 N–H and O–H groups in total. The fraction of sp³-hybridized carbons (Fsp3) is 0.242. The van der Waals surface area contributed by atoms with Gasteiger partial charge in [-0.2, -0.15) is 0 Å². The summed E-state index contributed by atoms with van der Waals surface area (Å²) in [6, 6.07) is 26.2. The third-order valence-corrected chi connectivity index (χ3v) is 7.12. The molecule has 3 aromatic rings. The van der Waals surface area contributed by atoms with Crippen molar-refractivity contribution in [3.05, 3.63) is 119 Å². The zero-order valence-corrected chi connectivity index (χ0v) is 22.5. The van der Waals surface area contributed by atoms with Crippen LogP contribution in [0.15, 0.2) is 107 Å². The number of dihydropyridines is 1. The Morgan fingerprint density at radius 3 is 2.17 bits per heavy atom. The quantitative estimate of drug-likeness (QED) is 0.227. The Kier molecular flexibility index (Phi) is 8.10. The van der Waals surface area contributed by atoms with Crippen LogP contribution in [0, 0.1) is 0 Å². The Labute approximate surface area is 233 Å². The first-order chi connectivity index (χ1) is 19.4. The van der Waals surface area contributed by atoms with Crippen LogP contribution < -0.4 is 14.8 Å². The second kappa shape index (κ2) is 12.0. The van der Waals surface area contributed by atoms with Crippen LogP contribution in [-0.4, -0.2) is 30.9 Å². The van der Waals surface area contributed by atoms with Crippen molar-refractivity contribution in [3.63, 3.8) is 0 Å². The van der Waals surface area contributed by atoms with E-state index < -0.39 is 17.9 Å². The Morgan fingerprint density at radius 2 is 1.50 bits per heavy atom. The molecule has 1 heterocycles. The lowest BCUT2D eigenvalue weighted by molar-refractivity contribution is -0.140. The van der Waals surface area contributed by atoms with Crippen molar-refractivity contribution in [3.8, 4) is 11.5 Å². The minimum absolute atomic E-state index is 0.0122. The number of nitrogens with one attached hydrogen (secondary N) is 1. The summed E-state index contributed by atoms with van der Waals surface area (Å²) >= 11 is 0. The minimum Gasteiger partial charge on any atom is -0.490 e. The van der Waals surface area contributed by atoms with Gasteiger partial charge in [0, 0.05) is 36.2 Å². The molecule has 0 bridgehead atoms. The summed E-state index contributed by atoms with van der Waals surface area (Å²) in [5.41, 5.74) is 4.26. The van der Waals surface area contributed by atoms with Gasteiger partial charge in [0.1, 0.15) is 24.7 Å². The zero-order valence-electron chi connectivity index (χ0n) is 22.5. The Bertz CT molecular complexity index is 1460. The predicted octanol–water partition coefficient (Wildman–Crippen LogP) is 5.60. The third kappa shape index (κ3) is 5.99. The van der Waals surface area contributed by atoms with Gasteiger partial charge in [-0.05, 0) is 54.7 Å². The zero-order chi connectivity index (χ0) is 28.1. The van der Waals surface area contributed by atoms with Crippen LogP contribution in [0.4, 0.5) is 0 Å². The van der Waals surface area contributed by atoms with Gasteiger partial charge in [0.05, 0.1) is 5.57 Å². The van der Waals surface area contributed by atoms with E-state index in [4.69, 9.17) is 14.2 Å². The molecule has 40 heavy (non-hydrogen) atoms. The average Bonchev–Trinajstić information content (AvgIpc) is 2.95. The summed E-state index contributed by atoms with van der Waals surface area (Å²) in [7, 11) is 0. The van der Waals surface area contributed by atoms with E-state index in [-0.39, 0.29) is 24.9 Å². The van der Waals surface area contributed by atoms with Crippen molar-refractivity contribution in [1.82, 2.24) is 5.32 Å². The molecule has 7 nitrogen and oxygen atoms in total. The van der Waals surface area contributed by atoms with Gasteiger partial charge in [-0.15, -0.1) is 0 Å². The summed E-state index contributed by atoms with van der Waals surface area (Å²) in [5, 5.41) is 3.37. The van der Waals surface area contributed by atoms with Crippen LogP contribution in [0.25, 0.3) is 0 Å². The molecule has 0 saturated carbocycles. The van der Waals surface area contributed by atoms with Gasteiger partial charge in [-0.3, -0.25) is 9.59 Å². The van der Waals surface area contributed by atoms with Gasteiger partial charge in [-0.1, -0.05) is 60.7 Å². The molecule has 0 spiro atoms. The SMILES string of the molecule is CC(=O)Oc1ccc([C@H]2C(C(=O)OCCOc3ccccc3)=C(C)NC3=C2C(=O)C[C@@H](c2ccccc2)C3)cc1. The lowest BCUT2D eigenvalue weighted by Gasteiger charge is -2.36. The van der Waals surface area contributed by atoms with Crippen molar-refractivity contribution in [2.24, 2.45) is 0 Å². The Morgan fingerprint density at radius 1 is 0.825 bits per heavy atom. The van der Waals surface area contributed by atoms with Crippen LogP contribution in [0.2, 0.25) is 0 Å². The molecule has 204 valence electrons. The van der Waals surface area contributed by atoms with E-state index in [0.717, 1.165) is 16.8 Å². The van der Waals surface area contributed by atoms with E-state index in [9.17, 15) is 14.4 Å². The first-order valence-electron chi connectivity index (χ1n) is 13.3. The number of allylic oxidation sites excluding steroid dienone is 3. The summed E-state index contributed by atoms with van der Waals surface area (Å²) in [5.74, 6) is -0.442. The Hall–Kier alpha value is -4.65. The molecule has 2 atom stereocenters. The molecule has 3 aromatic carbocycles. The highest BCUT2D eigenvalue weighted by atomic mass is 16.6. The molecule has 0 saturated heterocycles. The second-order valence-corrected chi connectivity index (χ2v) is 9.89. The van der Waals surface area contributed by atoms with Crippen LogP contribution in [0.3, 0.4) is 0 Å². The number of rotatable bonds is 8. The summed E-state index contributed by atoms with van der Waals surface area (Å²) in [6.07, 6.45) is 0.997. The first kappa shape index (κ1) is 26.9. The molecule has 1 aliphatic heterocycles. The molecule has 0 fully saturated rings. The van der Waals surface area contributed by atoms with E-state index in [1.54, 1.807) is 24.3 Å². The van der Waals surface area contributed by atoms with Crippen molar-refractivity contribution in [2.75, 3.05) is 13.2 Å². The maximum atomic E-state index is 13.7. The molecule has 1 aliphatic carbocycles. The highest BCUT2D eigenvalue weighted by molar-refractivity contribution is 6.04. The molecule has 0 aromatic heterocycles. The first-order valence-corrected chi connectivity index (χ1v) is 13.3. The van der Waals surface area contributed by atoms with Gasteiger partial charge in [0.25, 0.3) is 0 Å². The number of carbonyl (C=O) groups excluding carboxylic acids is 3. The molecule has 7 heteroatoms. The van der Waals surface area contributed by atoms with E-state index in [0.29, 0.717) is 41.2 Å². The molecule has 0 amide bonds. The smallest absolute Gasteiger partial charge is 0.336 e. The van der Waals surface area contributed by atoms with E-state index >= 15 is 0 Å². The maximum Gasteiger partial charge on any atom is 0.336 e.